The molecule has 0 amide bonds. The van der Waals surface area contributed by atoms with E-state index in [1.54, 1.807) is 6.21 Å². The van der Waals surface area contributed by atoms with Gasteiger partial charge in [0.25, 0.3) is 0 Å². The lowest BCUT2D eigenvalue weighted by Crippen LogP contribution is -2.33. The number of hydrogen-bond donors (Lipinski definition) is 2. The van der Waals surface area contributed by atoms with Gasteiger partial charge in [-0.15, -0.1) is 0 Å². The molecule has 0 saturated carbocycles. The Bertz CT molecular complexity index is 918. The highest BCUT2D eigenvalue weighted by Gasteiger charge is 2.18. The fourth-order valence-corrected chi connectivity index (χ4v) is 4.06. The van der Waals surface area contributed by atoms with E-state index < -0.39 is 0 Å². The summed E-state index contributed by atoms with van der Waals surface area (Å²) >= 11 is 0. The maximum Gasteiger partial charge on any atom is 0.198 e. The smallest absolute Gasteiger partial charge is 0.198 e. The van der Waals surface area contributed by atoms with Gasteiger partial charge in [-0.3, -0.25) is 4.99 Å². The number of benzene rings is 2. The van der Waals surface area contributed by atoms with Gasteiger partial charge in [-0.2, -0.15) is 0 Å². The molecule has 0 atom stereocenters. The fraction of sp³-hybridized carbons (Fsp3) is 0.348. The predicted octanol–water partition coefficient (Wildman–Crippen LogP) is 5.64. The summed E-state index contributed by atoms with van der Waals surface area (Å²) in [5.74, 6) is 1.06. The Balaban J connectivity index is 1.45. The van der Waals surface area contributed by atoms with Crippen LogP contribution in [-0.2, 0) is 0 Å². The van der Waals surface area contributed by atoms with Crippen molar-refractivity contribution in [3.63, 3.8) is 0 Å². The van der Waals surface area contributed by atoms with Crippen molar-refractivity contribution in [2.75, 3.05) is 18.0 Å². The van der Waals surface area contributed by atoms with Crippen molar-refractivity contribution in [3.8, 4) is 5.88 Å². The van der Waals surface area contributed by atoms with Crippen molar-refractivity contribution in [1.29, 1.82) is 0 Å². The molecule has 2 heterocycles. The molecule has 4 nitrogen and oxygen atoms in total. The first-order valence-corrected chi connectivity index (χ1v) is 9.93. The Morgan fingerprint density at radius 2 is 1.85 bits per heavy atom. The average molecular weight is 361 g/mol. The first kappa shape index (κ1) is 17.7. The van der Waals surface area contributed by atoms with Crippen LogP contribution in [0.5, 0.6) is 5.88 Å². The van der Waals surface area contributed by atoms with Crippen LogP contribution >= 0.6 is 0 Å². The zero-order chi connectivity index (χ0) is 18.6. The van der Waals surface area contributed by atoms with Gasteiger partial charge in [0, 0.05) is 35.9 Å². The number of anilines is 1. The molecule has 27 heavy (non-hydrogen) atoms. The molecular weight excluding hydrogens is 334 g/mol. The molecule has 1 saturated heterocycles. The van der Waals surface area contributed by atoms with Gasteiger partial charge in [0.2, 0.25) is 0 Å². The zero-order valence-electron chi connectivity index (χ0n) is 15.9. The number of aliphatic imine (C=N–C) groups is 1. The monoisotopic (exact) mass is 361 g/mol. The normalized spacial score (nSPS) is 15.8. The van der Waals surface area contributed by atoms with Crippen molar-refractivity contribution >= 4 is 28.5 Å². The maximum absolute atomic E-state index is 10.1. The number of hydrogen-bond acceptors (Lipinski definition) is 3. The van der Waals surface area contributed by atoms with Gasteiger partial charge in [0.1, 0.15) is 0 Å². The fourth-order valence-electron chi connectivity index (χ4n) is 4.06. The van der Waals surface area contributed by atoms with E-state index in [4.69, 9.17) is 0 Å². The Kier molecular flexibility index (Phi) is 5.14. The summed E-state index contributed by atoms with van der Waals surface area (Å²) in [6.07, 6.45) is 6.99. The lowest BCUT2D eigenvalue weighted by molar-refractivity contribution is 0.378. The molecule has 4 heteroatoms. The van der Waals surface area contributed by atoms with Crippen molar-refractivity contribution in [2.24, 2.45) is 10.9 Å². The Labute approximate surface area is 160 Å². The van der Waals surface area contributed by atoms with E-state index in [0.717, 1.165) is 41.2 Å². The Morgan fingerprint density at radius 3 is 2.59 bits per heavy atom. The molecule has 0 radical (unpaired) electrons. The summed E-state index contributed by atoms with van der Waals surface area (Å²) < 4.78 is 0. The SMILES string of the molecule is CCCC1CCN(c2ccc(N=Cc3c(O)[nH]c4ccccc34)cc2)CC1. The van der Waals surface area contributed by atoms with Crippen LogP contribution in [0.3, 0.4) is 0 Å². The number of aromatic hydroxyl groups is 1. The van der Waals surface area contributed by atoms with Crippen LogP contribution in [0.4, 0.5) is 11.4 Å². The molecule has 0 spiro atoms. The summed E-state index contributed by atoms with van der Waals surface area (Å²) in [6.45, 7) is 4.58. The highest BCUT2D eigenvalue weighted by molar-refractivity contribution is 6.02. The van der Waals surface area contributed by atoms with Crippen LogP contribution in [0.25, 0.3) is 10.9 Å². The summed E-state index contributed by atoms with van der Waals surface area (Å²) in [4.78, 5) is 10.0. The second kappa shape index (κ2) is 7.87. The second-order valence-corrected chi connectivity index (χ2v) is 7.43. The number of rotatable bonds is 5. The summed E-state index contributed by atoms with van der Waals surface area (Å²) in [5.41, 5.74) is 3.81. The molecule has 2 aromatic carbocycles. The average Bonchev–Trinajstić information content (AvgIpc) is 3.03. The van der Waals surface area contributed by atoms with Crippen molar-refractivity contribution < 1.29 is 5.11 Å². The largest absolute Gasteiger partial charge is 0.494 e. The molecule has 2 N–H and O–H groups in total. The van der Waals surface area contributed by atoms with E-state index in [1.165, 1.54) is 31.4 Å². The molecule has 1 aliphatic heterocycles. The second-order valence-electron chi connectivity index (χ2n) is 7.43. The zero-order valence-corrected chi connectivity index (χ0v) is 15.9. The molecule has 1 aromatic heterocycles. The van der Waals surface area contributed by atoms with Crippen LogP contribution in [0.2, 0.25) is 0 Å². The van der Waals surface area contributed by atoms with E-state index in [1.807, 2.05) is 24.3 Å². The molecule has 0 unspecified atom stereocenters. The third-order valence-electron chi connectivity index (χ3n) is 5.59. The van der Waals surface area contributed by atoms with Crippen LogP contribution in [0, 0.1) is 5.92 Å². The minimum atomic E-state index is 0.159. The number of H-pyrrole nitrogens is 1. The van der Waals surface area contributed by atoms with Gasteiger partial charge in [-0.25, -0.2) is 0 Å². The van der Waals surface area contributed by atoms with Gasteiger partial charge in [0.05, 0.1) is 11.3 Å². The molecule has 140 valence electrons. The molecule has 4 rings (SSSR count). The van der Waals surface area contributed by atoms with Gasteiger partial charge < -0.3 is 15.0 Å². The van der Waals surface area contributed by atoms with Gasteiger partial charge in [-0.05, 0) is 49.1 Å². The summed E-state index contributed by atoms with van der Waals surface area (Å²) in [5, 5.41) is 11.1. The molecule has 0 bridgehead atoms. The van der Waals surface area contributed by atoms with E-state index in [9.17, 15) is 5.11 Å². The standard InChI is InChI=1S/C23H27N3O/c1-2-5-17-12-14-26(15-13-17)19-10-8-18(9-11-19)24-16-21-20-6-3-4-7-22(20)25-23(21)27/h3-4,6-11,16-17,25,27H,2,5,12-15H2,1H3. The summed E-state index contributed by atoms with van der Waals surface area (Å²) in [7, 11) is 0. The quantitative estimate of drug-likeness (QED) is 0.578. The Morgan fingerprint density at radius 1 is 1.11 bits per heavy atom. The summed E-state index contributed by atoms with van der Waals surface area (Å²) in [6, 6.07) is 16.3. The highest BCUT2D eigenvalue weighted by Crippen LogP contribution is 2.28. The molecule has 1 fully saturated rings. The Hall–Kier alpha value is -2.75. The minimum absolute atomic E-state index is 0.159. The molecular formula is C23H27N3O. The third-order valence-corrected chi connectivity index (χ3v) is 5.59. The van der Waals surface area contributed by atoms with Crippen molar-refractivity contribution in [3.05, 3.63) is 54.1 Å². The van der Waals surface area contributed by atoms with Crippen LogP contribution in [-0.4, -0.2) is 29.4 Å². The minimum Gasteiger partial charge on any atom is -0.494 e. The molecule has 0 aliphatic carbocycles. The number of aromatic amines is 1. The van der Waals surface area contributed by atoms with Crippen molar-refractivity contribution in [2.45, 2.75) is 32.6 Å². The van der Waals surface area contributed by atoms with E-state index in [2.05, 4.69) is 46.1 Å². The number of nitrogens with one attached hydrogen (secondary N) is 1. The number of piperidine rings is 1. The number of para-hydroxylation sites is 1. The first-order chi connectivity index (χ1) is 13.2. The third kappa shape index (κ3) is 3.85. The van der Waals surface area contributed by atoms with Crippen LogP contribution in [0.15, 0.2) is 53.5 Å². The van der Waals surface area contributed by atoms with Gasteiger partial charge >= 0.3 is 0 Å². The lowest BCUT2D eigenvalue weighted by Gasteiger charge is -2.33. The van der Waals surface area contributed by atoms with Crippen molar-refractivity contribution in [1.82, 2.24) is 4.98 Å². The number of aromatic nitrogens is 1. The number of nitrogens with zero attached hydrogens (tertiary/aromatic N) is 2. The topological polar surface area (TPSA) is 51.6 Å². The lowest BCUT2D eigenvalue weighted by atomic mass is 9.92. The van der Waals surface area contributed by atoms with E-state index in [-0.39, 0.29) is 5.88 Å². The van der Waals surface area contributed by atoms with Crippen LogP contribution < -0.4 is 4.90 Å². The molecule has 1 aliphatic rings. The predicted molar refractivity (Wildman–Crippen MR) is 114 cm³/mol. The first-order valence-electron chi connectivity index (χ1n) is 9.93. The van der Waals surface area contributed by atoms with Crippen LogP contribution in [0.1, 0.15) is 38.2 Å². The van der Waals surface area contributed by atoms with Gasteiger partial charge in [-0.1, -0.05) is 38.0 Å². The van der Waals surface area contributed by atoms with E-state index in [0.29, 0.717) is 0 Å². The van der Waals surface area contributed by atoms with E-state index >= 15 is 0 Å². The van der Waals surface area contributed by atoms with Gasteiger partial charge in [0.15, 0.2) is 5.88 Å². The molecule has 3 aromatic rings. The highest BCUT2D eigenvalue weighted by atomic mass is 16.3. The maximum atomic E-state index is 10.1. The number of fused-ring (bicyclic) bond motifs is 1.